The number of nitrogens with zero attached hydrogens (tertiary/aromatic N) is 3. The molecule has 0 spiro atoms. The topological polar surface area (TPSA) is 59.3 Å². The molecule has 1 aromatic rings. The van der Waals surface area contributed by atoms with Crippen LogP contribution in [-0.2, 0) is 11.3 Å². The molecular formula is C19H27BrN4O. The van der Waals surface area contributed by atoms with Crippen LogP contribution in [0.4, 0.5) is 0 Å². The number of amides is 1. The van der Waals surface area contributed by atoms with Crippen molar-refractivity contribution in [2.45, 2.75) is 65.3 Å². The van der Waals surface area contributed by atoms with Crippen molar-refractivity contribution in [3.63, 3.8) is 0 Å². The number of hydrogen-bond donors (Lipinski definition) is 1. The van der Waals surface area contributed by atoms with Crippen LogP contribution < -0.4 is 5.43 Å². The van der Waals surface area contributed by atoms with Crippen molar-refractivity contribution in [1.29, 1.82) is 0 Å². The highest BCUT2D eigenvalue weighted by atomic mass is 79.9. The van der Waals surface area contributed by atoms with Crippen LogP contribution in [0.15, 0.2) is 15.8 Å². The highest BCUT2D eigenvalue weighted by molar-refractivity contribution is 9.10. The zero-order valence-corrected chi connectivity index (χ0v) is 16.7. The van der Waals surface area contributed by atoms with E-state index in [1.807, 2.05) is 24.7 Å². The van der Waals surface area contributed by atoms with Crippen molar-refractivity contribution < 1.29 is 4.79 Å². The molecule has 6 heteroatoms. The second kappa shape index (κ2) is 6.53. The summed E-state index contributed by atoms with van der Waals surface area (Å²) < 4.78 is 2.77. The van der Waals surface area contributed by atoms with Crippen LogP contribution in [0.1, 0.15) is 64.5 Å². The molecule has 0 unspecified atom stereocenters. The standard InChI is InChI=1S/C19H27BrN4O/c1-3-24-11-16(20)18(23-24)12(2)21-22-17(25)10-19-7-13-4-14(8-19)6-15(5-13)9-19/h11,13-15H,3-10H2,1-2H3,(H,22,25)/b21-12-. The Morgan fingerprint density at radius 1 is 1.32 bits per heavy atom. The summed E-state index contributed by atoms with van der Waals surface area (Å²) in [6.07, 6.45) is 10.6. The molecule has 0 radical (unpaired) electrons. The van der Waals surface area contributed by atoms with Gasteiger partial charge < -0.3 is 0 Å². The quantitative estimate of drug-likeness (QED) is 0.590. The van der Waals surface area contributed by atoms with E-state index < -0.39 is 0 Å². The number of hydrazone groups is 1. The van der Waals surface area contributed by atoms with Gasteiger partial charge in [0.25, 0.3) is 0 Å². The lowest BCUT2D eigenvalue weighted by Crippen LogP contribution is -2.47. The summed E-state index contributed by atoms with van der Waals surface area (Å²) in [5, 5.41) is 8.79. The summed E-state index contributed by atoms with van der Waals surface area (Å²) in [5.41, 5.74) is 4.57. The Labute approximate surface area is 157 Å². The number of rotatable bonds is 5. The third kappa shape index (κ3) is 3.42. The van der Waals surface area contributed by atoms with Crippen molar-refractivity contribution in [3.8, 4) is 0 Å². The molecule has 1 aromatic heterocycles. The number of aryl methyl sites for hydroxylation is 1. The van der Waals surface area contributed by atoms with E-state index in [9.17, 15) is 4.79 Å². The molecule has 0 atom stereocenters. The van der Waals surface area contributed by atoms with Crippen molar-refractivity contribution in [2.75, 3.05) is 0 Å². The summed E-state index contributed by atoms with van der Waals surface area (Å²) in [6, 6.07) is 0. The van der Waals surface area contributed by atoms with Gasteiger partial charge in [0.1, 0.15) is 5.69 Å². The second-order valence-electron chi connectivity index (χ2n) is 8.51. The molecule has 136 valence electrons. The van der Waals surface area contributed by atoms with E-state index >= 15 is 0 Å². The zero-order valence-electron chi connectivity index (χ0n) is 15.1. The molecule has 4 aliphatic rings. The molecule has 0 aromatic carbocycles. The van der Waals surface area contributed by atoms with E-state index in [4.69, 9.17) is 0 Å². The molecule has 25 heavy (non-hydrogen) atoms. The molecule has 1 heterocycles. The van der Waals surface area contributed by atoms with Gasteiger partial charge in [0, 0.05) is 19.2 Å². The van der Waals surface area contributed by atoms with Gasteiger partial charge in [0.2, 0.25) is 5.91 Å². The van der Waals surface area contributed by atoms with Crippen LogP contribution in [0.25, 0.3) is 0 Å². The summed E-state index contributed by atoms with van der Waals surface area (Å²) in [5.74, 6) is 2.68. The van der Waals surface area contributed by atoms with Crippen molar-refractivity contribution in [3.05, 3.63) is 16.4 Å². The van der Waals surface area contributed by atoms with E-state index in [1.165, 1.54) is 38.5 Å². The number of carbonyl (C=O) groups excluding carboxylic acids is 1. The number of carbonyl (C=O) groups is 1. The Morgan fingerprint density at radius 2 is 1.92 bits per heavy atom. The lowest BCUT2D eigenvalue weighted by molar-refractivity contribution is -0.129. The third-order valence-electron chi connectivity index (χ3n) is 6.43. The van der Waals surface area contributed by atoms with Gasteiger partial charge in [-0.15, -0.1) is 0 Å². The van der Waals surface area contributed by atoms with Crippen molar-refractivity contribution >= 4 is 27.5 Å². The van der Waals surface area contributed by atoms with Gasteiger partial charge in [-0.1, -0.05) is 0 Å². The molecular weight excluding hydrogens is 380 g/mol. The fourth-order valence-corrected chi connectivity index (χ4v) is 6.49. The van der Waals surface area contributed by atoms with Crippen LogP contribution >= 0.6 is 15.9 Å². The molecule has 4 fully saturated rings. The maximum Gasteiger partial charge on any atom is 0.240 e. The Balaban J connectivity index is 1.40. The van der Waals surface area contributed by atoms with Gasteiger partial charge in [-0.3, -0.25) is 9.48 Å². The van der Waals surface area contributed by atoms with Gasteiger partial charge in [0.05, 0.1) is 10.2 Å². The van der Waals surface area contributed by atoms with Gasteiger partial charge >= 0.3 is 0 Å². The SMILES string of the molecule is CCn1cc(Br)c(/C(C)=N\NC(=O)CC23CC4CC(CC(C4)C2)C3)n1. The maximum atomic E-state index is 12.6. The van der Waals surface area contributed by atoms with Crippen LogP contribution in [0, 0.1) is 23.2 Å². The minimum atomic E-state index is 0.0624. The monoisotopic (exact) mass is 406 g/mol. The average molecular weight is 407 g/mol. The van der Waals surface area contributed by atoms with E-state index in [0.29, 0.717) is 6.42 Å². The smallest absolute Gasteiger partial charge is 0.240 e. The molecule has 4 aliphatic carbocycles. The molecule has 4 saturated carbocycles. The minimum Gasteiger partial charge on any atom is -0.273 e. The zero-order chi connectivity index (χ0) is 17.6. The Hall–Kier alpha value is -1.17. The Bertz CT molecular complexity index is 673. The Morgan fingerprint density at radius 3 is 2.44 bits per heavy atom. The van der Waals surface area contributed by atoms with Crippen molar-refractivity contribution in [1.82, 2.24) is 15.2 Å². The summed E-state index contributed by atoms with van der Waals surface area (Å²) in [6.45, 7) is 4.74. The maximum absolute atomic E-state index is 12.6. The number of halogens is 1. The first-order valence-corrected chi connectivity index (χ1v) is 10.3. The highest BCUT2D eigenvalue weighted by Crippen LogP contribution is 2.61. The predicted octanol–water partition coefficient (Wildman–Crippen LogP) is 4.11. The summed E-state index contributed by atoms with van der Waals surface area (Å²) >= 11 is 3.51. The molecule has 1 amide bonds. The molecule has 5 nitrogen and oxygen atoms in total. The molecule has 1 N–H and O–H groups in total. The molecule has 5 rings (SSSR count). The van der Waals surface area contributed by atoms with E-state index in [-0.39, 0.29) is 11.3 Å². The van der Waals surface area contributed by atoms with Gasteiger partial charge in [-0.25, -0.2) is 5.43 Å². The van der Waals surface area contributed by atoms with Gasteiger partial charge in [-0.05, 0) is 91.5 Å². The Kier molecular flexibility index (Phi) is 4.50. The van der Waals surface area contributed by atoms with Gasteiger partial charge in [-0.2, -0.15) is 10.2 Å². The first-order valence-electron chi connectivity index (χ1n) is 9.53. The average Bonchev–Trinajstić information content (AvgIpc) is 2.92. The summed E-state index contributed by atoms with van der Waals surface area (Å²) in [7, 11) is 0. The number of hydrogen-bond acceptors (Lipinski definition) is 3. The van der Waals surface area contributed by atoms with E-state index in [1.54, 1.807) is 0 Å². The first-order chi connectivity index (χ1) is 12.0. The van der Waals surface area contributed by atoms with Crippen LogP contribution in [0.3, 0.4) is 0 Å². The normalized spacial score (nSPS) is 33.7. The number of nitrogens with one attached hydrogen (secondary N) is 1. The van der Waals surface area contributed by atoms with E-state index in [0.717, 1.165) is 40.2 Å². The summed E-state index contributed by atoms with van der Waals surface area (Å²) in [4.78, 5) is 12.6. The third-order valence-corrected chi connectivity index (χ3v) is 7.01. The van der Waals surface area contributed by atoms with Crippen LogP contribution in [-0.4, -0.2) is 21.4 Å². The lowest BCUT2D eigenvalue weighted by atomic mass is 9.49. The largest absolute Gasteiger partial charge is 0.273 e. The van der Waals surface area contributed by atoms with Gasteiger partial charge in [0.15, 0.2) is 0 Å². The second-order valence-corrected chi connectivity index (χ2v) is 9.36. The highest BCUT2D eigenvalue weighted by Gasteiger charge is 2.51. The van der Waals surface area contributed by atoms with Crippen LogP contribution in [0.5, 0.6) is 0 Å². The molecule has 4 bridgehead atoms. The van der Waals surface area contributed by atoms with E-state index in [2.05, 4.69) is 31.6 Å². The predicted molar refractivity (Wildman–Crippen MR) is 101 cm³/mol. The molecule has 0 aliphatic heterocycles. The van der Waals surface area contributed by atoms with Crippen LogP contribution in [0.2, 0.25) is 0 Å². The van der Waals surface area contributed by atoms with Crippen molar-refractivity contribution in [2.24, 2.45) is 28.3 Å². The fraction of sp³-hybridized carbons (Fsp3) is 0.737. The molecule has 0 saturated heterocycles. The first kappa shape index (κ1) is 17.3. The fourth-order valence-electron chi connectivity index (χ4n) is 5.89. The minimum absolute atomic E-state index is 0.0624. The lowest BCUT2D eigenvalue weighted by Gasteiger charge is -2.56. The number of aromatic nitrogens is 2.